The lowest BCUT2D eigenvalue weighted by Crippen LogP contribution is -2.40. The standard InChI is InChI=1S/C18H23N3O4/c1-11(2)21-16(24)15(23)20(17(21)25)10-14(22)19-13-8-6-12(7-9-13)18(3,4)5/h6-9,11H,10H2,1-5H3,(H,19,22). The van der Waals surface area contributed by atoms with Crippen molar-refractivity contribution in [2.45, 2.75) is 46.1 Å². The zero-order valence-corrected chi connectivity index (χ0v) is 15.1. The molecular formula is C18H23N3O4. The lowest BCUT2D eigenvalue weighted by Gasteiger charge is -2.19. The summed E-state index contributed by atoms with van der Waals surface area (Å²) in [6, 6.07) is 6.14. The maximum atomic E-state index is 12.1. The van der Waals surface area contributed by atoms with Crippen LogP contribution in [0.1, 0.15) is 40.2 Å². The quantitative estimate of drug-likeness (QED) is 0.669. The molecule has 0 spiro atoms. The second-order valence-electron chi connectivity index (χ2n) is 7.32. The number of nitrogens with zero attached hydrogens (tertiary/aromatic N) is 2. The number of hydrogen-bond donors (Lipinski definition) is 1. The maximum Gasteiger partial charge on any atom is 0.334 e. The van der Waals surface area contributed by atoms with Crippen LogP contribution in [0.2, 0.25) is 0 Å². The van der Waals surface area contributed by atoms with Crippen LogP contribution >= 0.6 is 0 Å². The normalized spacial score (nSPS) is 15.4. The van der Waals surface area contributed by atoms with Crippen LogP contribution in [0.5, 0.6) is 0 Å². The Hall–Kier alpha value is -2.70. The molecular weight excluding hydrogens is 322 g/mol. The highest BCUT2D eigenvalue weighted by atomic mass is 16.2. The zero-order chi connectivity index (χ0) is 18.9. The van der Waals surface area contributed by atoms with Gasteiger partial charge in [-0.25, -0.2) is 9.69 Å². The van der Waals surface area contributed by atoms with E-state index in [1.165, 1.54) is 0 Å². The molecule has 0 saturated carbocycles. The molecule has 1 N–H and O–H groups in total. The summed E-state index contributed by atoms with van der Waals surface area (Å²) in [4.78, 5) is 49.5. The number of urea groups is 1. The Morgan fingerprint density at radius 2 is 1.60 bits per heavy atom. The van der Waals surface area contributed by atoms with Gasteiger partial charge in [0.05, 0.1) is 0 Å². The molecule has 0 radical (unpaired) electrons. The van der Waals surface area contributed by atoms with Gasteiger partial charge in [0.25, 0.3) is 0 Å². The first kappa shape index (κ1) is 18.6. The fourth-order valence-electron chi connectivity index (χ4n) is 2.51. The Balaban J connectivity index is 2.04. The van der Waals surface area contributed by atoms with Crippen LogP contribution in [0.3, 0.4) is 0 Å². The molecule has 1 saturated heterocycles. The van der Waals surface area contributed by atoms with E-state index >= 15 is 0 Å². The Morgan fingerprint density at radius 1 is 1.04 bits per heavy atom. The third-order valence-electron chi connectivity index (χ3n) is 3.94. The van der Waals surface area contributed by atoms with Gasteiger partial charge in [-0.1, -0.05) is 32.9 Å². The van der Waals surface area contributed by atoms with Gasteiger partial charge in [0, 0.05) is 11.7 Å². The molecule has 2 rings (SSSR count). The van der Waals surface area contributed by atoms with Crippen LogP contribution in [0.25, 0.3) is 0 Å². The molecule has 7 nitrogen and oxygen atoms in total. The molecule has 0 atom stereocenters. The number of amides is 5. The van der Waals surface area contributed by atoms with Gasteiger partial charge in [0.2, 0.25) is 5.91 Å². The Bertz CT molecular complexity index is 717. The first-order chi connectivity index (χ1) is 11.5. The minimum atomic E-state index is -0.975. The lowest BCUT2D eigenvalue weighted by molar-refractivity contribution is -0.144. The van der Waals surface area contributed by atoms with Crippen LogP contribution in [0.4, 0.5) is 10.5 Å². The summed E-state index contributed by atoms with van der Waals surface area (Å²) in [5.74, 6) is -2.41. The highest BCUT2D eigenvalue weighted by Gasteiger charge is 2.46. The van der Waals surface area contributed by atoms with Crippen LogP contribution in [0, 0.1) is 0 Å². The summed E-state index contributed by atoms with van der Waals surface area (Å²) < 4.78 is 0. The number of benzene rings is 1. The zero-order valence-electron chi connectivity index (χ0n) is 15.1. The third-order valence-corrected chi connectivity index (χ3v) is 3.94. The van der Waals surface area contributed by atoms with Crippen molar-refractivity contribution in [1.82, 2.24) is 9.80 Å². The van der Waals surface area contributed by atoms with E-state index in [1.54, 1.807) is 26.0 Å². The van der Waals surface area contributed by atoms with E-state index < -0.39 is 36.3 Å². The summed E-state index contributed by atoms with van der Waals surface area (Å²) in [5.41, 5.74) is 1.68. The summed E-state index contributed by atoms with van der Waals surface area (Å²) in [6.45, 7) is 9.02. The number of hydrogen-bond acceptors (Lipinski definition) is 4. The molecule has 1 aliphatic heterocycles. The molecule has 1 fully saturated rings. The average molecular weight is 345 g/mol. The first-order valence-corrected chi connectivity index (χ1v) is 8.11. The van der Waals surface area contributed by atoms with E-state index in [9.17, 15) is 19.2 Å². The van der Waals surface area contributed by atoms with Crippen LogP contribution in [0.15, 0.2) is 24.3 Å². The van der Waals surface area contributed by atoms with Crippen molar-refractivity contribution in [2.24, 2.45) is 0 Å². The van der Waals surface area contributed by atoms with Gasteiger partial charge < -0.3 is 5.32 Å². The van der Waals surface area contributed by atoms with Crippen molar-refractivity contribution in [3.63, 3.8) is 0 Å². The molecule has 0 aromatic heterocycles. The summed E-state index contributed by atoms with van der Waals surface area (Å²) in [5, 5.41) is 2.63. The molecule has 1 aromatic rings. The van der Waals surface area contributed by atoms with Gasteiger partial charge in [0.1, 0.15) is 6.54 Å². The number of imide groups is 2. The SMILES string of the molecule is CC(C)N1C(=O)C(=O)N(CC(=O)Nc2ccc(C(C)(C)C)cc2)C1=O. The van der Waals surface area contributed by atoms with E-state index in [2.05, 4.69) is 26.1 Å². The number of carbonyl (C=O) groups is 4. The summed E-state index contributed by atoms with van der Waals surface area (Å²) in [6.07, 6.45) is 0. The molecule has 1 aliphatic rings. The van der Waals surface area contributed by atoms with E-state index in [1.807, 2.05) is 12.1 Å². The van der Waals surface area contributed by atoms with Crippen molar-refractivity contribution < 1.29 is 19.2 Å². The Kier molecular flexibility index (Phi) is 4.97. The number of anilines is 1. The molecule has 25 heavy (non-hydrogen) atoms. The number of nitrogens with one attached hydrogen (secondary N) is 1. The molecule has 0 unspecified atom stereocenters. The van der Waals surface area contributed by atoms with E-state index in [0.717, 1.165) is 10.5 Å². The second kappa shape index (κ2) is 6.66. The van der Waals surface area contributed by atoms with Gasteiger partial charge in [-0.3, -0.25) is 19.3 Å². The fourth-order valence-corrected chi connectivity index (χ4v) is 2.51. The van der Waals surface area contributed by atoms with Gasteiger partial charge in [0.15, 0.2) is 0 Å². The first-order valence-electron chi connectivity index (χ1n) is 8.11. The minimum absolute atomic E-state index is 0.00239. The molecule has 7 heteroatoms. The maximum absolute atomic E-state index is 12.1. The van der Waals surface area contributed by atoms with E-state index in [0.29, 0.717) is 10.6 Å². The van der Waals surface area contributed by atoms with Crippen molar-refractivity contribution in [2.75, 3.05) is 11.9 Å². The lowest BCUT2D eigenvalue weighted by atomic mass is 9.87. The molecule has 134 valence electrons. The van der Waals surface area contributed by atoms with E-state index in [-0.39, 0.29) is 5.41 Å². The summed E-state index contributed by atoms with van der Waals surface area (Å²) >= 11 is 0. The third kappa shape index (κ3) is 3.87. The molecule has 1 heterocycles. The molecule has 0 bridgehead atoms. The van der Waals surface area contributed by atoms with Crippen LogP contribution < -0.4 is 5.32 Å². The van der Waals surface area contributed by atoms with Gasteiger partial charge in [-0.15, -0.1) is 0 Å². The summed E-state index contributed by atoms with van der Waals surface area (Å²) in [7, 11) is 0. The predicted octanol–water partition coefficient (Wildman–Crippen LogP) is 2.12. The topological polar surface area (TPSA) is 86.8 Å². The Labute approximate surface area is 147 Å². The molecule has 1 aromatic carbocycles. The highest BCUT2D eigenvalue weighted by molar-refractivity contribution is 6.45. The van der Waals surface area contributed by atoms with Crippen LogP contribution in [-0.2, 0) is 19.8 Å². The monoisotopic (exact) mass is 345 g/mol. The second-order valence-corrected chi connectivity index (χ2v) is 7.32. The predicted molar refractivity (Wildman–Crippen MR) is 92.9 cm³/mol. The van der Waals surface area contributed by atoms with Crippen molar-refractivity contribution in [3.8, 4) is 0 Å². The number of carbonyl (C=O) groups excluding carboxylic acids is 4. The molecule has 5 amide bonds. The highest BCUT2D eigenvalue weighted by Crippen LogP contribution is 2.23. The van der Waals surface area contributed by atoms with Gasteiger partial charge in [-0.2, -0.15) is 0 Å². The van der Waals surface area contributed by atoms with Gasteiger partial charge >= 0.3 is 17.8 Å². The smallest absolute Gasteiger partial charge is 0.325 e. The van der Waals surface area contributed by atoms with Crippen molar-refractivity contribution in [1.29, 1.82) is 0 Å². The molecule has 0 aliphatic carbocycles. The van der Waals surface area contributed by atoms with E-state index in [4.69, 9.17) is 0 Å². The Morgan fingerprint density at radius 3 is 2.04 bits per heavy atom. The van der Waals surface area contributed by atoms with Crippen molar-refractivity contribution in [3.05, 3.63) is 29.8 Å². The van der Waals surface area contributed by atoms with Gasteiger partial charge in [-0.05, 0) is 37.0 Å². The largest absolute Gasteiger partial charge is 0.334 e. The van der Waals surface area contributed by atoms with Crippen molar-refractivity contribution >= 4 is 29.4 Å². The average Bonchev–Trinajstić information content (AvgIpc) is 2.70. The number of rotatable bonds is 4. The minimum Gasteiger partial charge on any atom is -0.325 e. The fraction of sp³-hybridized carbons (Fsp3) is 0.444. The van der Waals surface area contributed by atoms with Crippen LogP contribution in [-0.4, -0.2) is 46.1 Å².